The van der Waals surface area contributed by atoms with Crippen molar-refractivity contribution in [3.05, 3.63) is 72.0 Å². The summed E-state index contributed by atoms with van der Waals surface area (Å²) in [7, 11) is 0. The molecular formula is C21H27N3O4. The number of hydrogen-bond acceptors (Lipinski definition) is 4. The lowest BCUT2D eigenvalue weighted by Crippen LogP contribution is -2.42. The maximum atomic E-state index is 12.8. The first-order chi connectivity index (χ1) is 13.3. The Hall–Kier alpha value is -2.96. The van der Waals surface area contributed by atoms with Gasteiger partial charge in [-0.3, -0.25) is 24.0 Å². The minimum atomic E-state index is -0.848. The van der Waals surface area contributed by atoms with E-state index in [1.54, 1.807) is 6.08 Å². The molecule has 0 atom stereocenters. The van der Waals surface area contributed by atoms with Crippen LogP contribution >= 0.6 is 0 Å². The summed E-state index contributed by atoms with van der Waals surface area (Å²) >= 11 is 0. The predicted molar refractivity (Wildman–Crippen MR) is 112 cm³/mol. The van der Waals surface area contributed by atoms with Crippen LogP contribution in [0.15, 0.2) is 33.9 Å². The molecule has 150 valence electrons. The average molecular weight is 385 g/mol. The largest absolute Gasteiger partial charge is 0.357 e. The molecule has 7 heteroatoms. The highest BCUT2D eigenvalue weighted by Gasteiger charge is 2.25. The van der Waals surface area contributed by atoms with Crippen molar-refractivity contribution in [3.63, 3.8) is 0 Å². The van der Waals surface area contributed by atoms with Gasteiger partial charge >= 0.3 is 16.9 Å². The van der Waals surface area contributed by atoms with E-state index in [0.717, 1.165) is 10.1 Å². The van der Waals surface area contributed by atoms with Gasteiger partial charge in [0.15, 0.2) is 0 Å². The number of nitrogens with zero attached hydrogens (tertiary/aromatic N) is 3. The summed E-state index contributed by atoms with van der Waals surface area (Å²) in [5, 5.41) is 11.6. The molecule has 0 spiro atoms. The van der Waals surface area contributed by atoms with Crippen LogP contribution in [0, 0.1) is 10.1 Å². The summed E-state index contributed by atoms with van der Waals surface area (Å²) in [6, 6.07) is 7.82. The lowest BCUT2D eigenvalue weighted by atomic mass is 10.0. The van der Waals surface area contributed by atoms with Crippen LogP contribution in [0.5, 0.6) is 0 Å². The summed E-state index contributed by atoms with van der Waals surface area (Å²) < 4.78 is 2.29. The van der Waals surface area contributed by atoms with E-state index < -0.39 is 21.9 Å². The molecule has 0 amide bonds. The van der Waals surface area contributed by atoms with Gasteiger partial charge in [0.25, 0.3) is 0 Å². The molecule has 0 saturated heterocycles. The lowest BCUT2D eigenvalue weighted by Gasteiger charge is -2.13. The van der Waals surface area contributed by atoms with Crippen molar-refractivity contribution in [3.8, 4) is 0 Å². The topological polar surface area (TPSA) is 87.1 Å². The van der Waals surface area contributed by atoms with Crippen LogP contribution in [0.25, 0.3) is 12.2 Å². The first-order valence-electron chi connectivity index (χ1n) is 9.61. The Morgan fingerprint density at radius 3 is 2.07 bits per heavy atom. The zero-order chi connectivity index (χ0) is 20.8. The maximum absolute atomic E-state index is 12.8. The molecule has 0 aliphatic carbocycles. The third-order valence-electron chi connectivity index (χ3n) is 4.56. The number of rotatable bonds is 8. The minimum absolute atomic E-state index is 0.0436. The Balaban J connectivity index is 2.65. The van der Waals surface area contributed by atoms with Crippen LogP contribution in [0.1, 0.15) is 63.3 Å². The summed E-state index contributed by atoms with van der Waals surface area (Å²) in [5.41, 5.74) is 0.159. The van der Waals surface area contributed by atoms with Crippen LogP contribution in [0.2, 0.25) is 0 Å². The Labute approximate surface area is 164 Å². The molecule has 1 aromatic heterocycles. The molecule has 1 aromatic carbocycles. The van der Waals surface area contributed by atoms with Gasteiger partial charge in [-0.1, -0.05) is 58.0 Å². The van der Waals surface area contributed by atoms with E-state index in [0.29, 0.717) is 25.3 Å². The molecule has 0 saturated carbocycles. The van der Waals surface area contributed by atoms with Gasteiger partial charge in [0.05, 0.1) is 4.92 Å². The Kier molecular flexibility index (Phi) is 7.09. The molecule has 0 unspecified atom stereocenters. The third kappa shape index (κ3) is 4.47. The van der Waals surface area contributed by atoms with Crippen LogP contribution in [0.4, 0.5) is 5.69 Å². The highest BCUT2D eigenvalue weighted by atomic mass is 16.6. The highest BCUT2D eigenvalue weighted by molar-refractivity contribution is 5.72. The molecule has 28 heavy (non-hydrogen) atoms. The molecule has 0 aliphatic rings. The second kappa shape index (κ2) is 9.30. The summed E-state index contributed by atoms with van der Waals surface area (Å²) in [6.45, 7) is 8.35. The monoisotopic (exact) mass is 385 g/mol. The summed E-state index contributed by atoms with van der Waals surface area (Å²) in [5.74, 6) is 0.403. The van der Waals surface area contributed by atoms with Crippen molar-refractivity contribution in [1.29, 1.82) is 0 Å². The minimum Gasteiger partial charge on any atom is -0.287 e. The van der Waals surface area contributed by atoms with Crippen molar-refractivity contribution in [2.45, 2.75) is 59.5 Å². The fraction of sp³-hybridized carbons (Fsp3) is 0.429. The van der Waals surface area contributed by atoms with E-state index in [4.69, 9.17) is 0 Å². The number of hydrogen-bond donors (Lipinski definition) is 0. The second-order valence-corrected chi connectivity index (χ2v) is 7.04. The van der Waals surface area contributed by atoms with E-state index >= 15 is 0 Å². The standard InChI is InChI=1S/C21H27N3O4/c1-5-13-22-18(12-9-16-7-10-17(11-8-16)15(3)4)19(24(27)28)20(25)23(14-6-2)21(22)26/h7-12,15H,5-6,13-14H2,1-4H3/b12-9+. The van der Waals surface area contributed by atoms with E-state index in [1.165, 1.54) is 16.2 Å². The molecule has 7 nitrogen and oxygen atoms in total. The van der Waals surface area contributed by atoms with Gasteiger partial charge in [-0.05, 0) is 36.0 Å². The fourth-order valence-corrected chi connectivity index (χ4v) is 3.07. The van der Waals surface area contributed by atoms with Gasteiger partial charge in [-0.2, -0.15) is 0 Å². The molecule has 0 aliphatic heterocycles. The quantitative estimate of drug-likeness (QED) is 0.507. The Morgan fingerprint density at radius 2 is 1.57 bits per heavy atom. The van der Waals surface area contributed by atoms with Crippen LogP contribution in [0.3, 0.4) is 0 Å². The first kappa shape index (κ1) is 21.3. The van der Waals surface area contributed by atoms with Crippen LogP contribution < -0.4 is 11.2 Å². The van der Waals surface area contributed by atoms with Crippen molar-refractivity contribution >= 4 is 17.8 Å². The zero-order valence-corrected chi connectivity index (χ0v) is 16.8. The molecule has 0 bridgehead atoms. The first-order valence-corrected chi connectivity index (χ1v) is 9.61. The molecule has 0 N–H and O–H groups in total. The molecule has 0 radical (unpaired) electrons. The number of aromatic nitrogens is 2. The fourth-order valence-electron chi connectivity index (χ4n) is 3.07. The van der Waals surface area contributed by atoms with Crippen molar-refractivity contribution < 1.29 is 4.92 Å². The maximum Gasteiger partial charge on any atom is 0.357 e. The molecule has 2 rings (SSSR count). The van der Waals surface area contributed by atoms with E-state index in [2.05, 4.69) is 13.8 Å². The van der Waals surface area contributed by atoms with Gasteiger partial charge in [-0.15, -0.1) is 0 Å². The molecule has 0 fully saturated rings. The lowest BCUT2D eigenvalue weighted by molar-refractivity contribution is -0.387. The van der Waals surface area contributed by atoms with Gasteiger partial charge in [0.1, 0.15) is 5.69 Å². The molecule has 1 heterocycles. The predicted octanol–water partition coefficient (Wildman–Crippen LogP) is 4.03. The van der Waals surface area contributed by atoms with Crippen molar-refractivity contribution in [2.75, 3.05) is 0 Å². The van der Waals surface area contributed by atoms with E-state index in [1.807, 2.05) is 38.1 Å². The van der Waals surface area contributed by atoms with Gasteiger partial charge in [0, 0.05) is 13.1 Å². The molecular weight excluding hydrogens is 358 g/mol. The second-order valence-electron chi connectivity index (χ2n) is 7.04. The average Bonchev–Trinajstić information content (AvgIpc) is 2.66. The van der Waals surface area contributed by atoms with Crippen molar-refractivity contribution in [2.24, 2.45) is 0 Å². The van der Waals surface area contributed by atoms with Gasteiger partial charge in [-0.25, -0.2) is 4.79 Å². The van der Waals surface area contributed by atoms with E-state index in [-0.39, 0.29) is 12.2 Å². The van der Waals surface area contributed by atoms with E-state index in [9.17, 15) is 19.7 Å². The third-order valence-corrected chi connectivity index (χ3v) is 4.56. The highest BCUT2D eigenvalue weighted by Crippen LogP contribution is 2.19. The van der Waals surface area contributed by atoms with Gasteiger partial charge < -0.3 is 0 Å². The van der Waals surface area contributed by atoms with Crippen molar-refractivity contribution in [1.82, 2.24) is 9.13 Å². The SMILES string of the molecule is CCCn1c(/C=C/c2ccc(C(C)C)cc2)c([N+](=O)[O-])c(=O)n(CCC)c1=O. The Morgan fingerprint density at radius 1 is 1.00 bits per heavy atom. The smallest absolute Gasteiger partial charge is 0.287 e. The summed E-state index contributed by atoms with van der Waals surface area (Å²) in [4.78, 5) is 36.3. The Bertz CT molecular complexity index is 982. The normalized spacial score (nSPS) is 11.5. The zero-order valence-electron chi connectivity index (χ0n) is 16.8. The van der Waals surface area contributed by atoms with Crippen LogP contribution in [-0.2, 0) is 13.1 Å². The van der Waals surface area contributed by atoms with Gasteiger partial charge in [0.2, 0.25) is 0 Å². The molecule has 2 aromatic rings. The van der Waals surface area contributed by atoms with Crippen LogP contribution in [-0.4, -0.2) is 14.1 Å². The summed E-state index contributed by atoms with van der Waals surface area (Å²) in [6.07, 6.45) is 4.35. The number of nitro groups is 1. The number of benzene rings is 1.